The van der Waals surface area contributed by atoms with Crippen LogP contribution in [0.3, 0.4) is 0 Å². The number of nitrogens with one attached hydrogen (secondary N) is 2. The Bertz CT molecular complexity index is 1080. The van der Waals surface area contributed by atoms with Crippen LogP contribution in [0.4, 0.5) is 4.79 Å². The molecule has 0 radical (unpaired) electrons. The molecule has 3 amide bonds. The van der Waals surface area contributed by atoms with Gasteiger partial charge in [-0.3, -0.25) is 4.79 Å². The number of aliphatic carboxylic acids is 1. The van der Waals surface area contributed by atoms with Crippen LogP contribution in [0.5, 0.6) is 5.75 Å². The summed E-state index contributed by atoms with van der Waals surface area (Å²) in [5.41, 5.74) is 6.88. The number of nitrogens with two attached hydrogens (primary N) is 1. The third kappa shape index (κ3) is 6.49. The van der Waals surface area contributed by atoms with E-state index >= 15 is 0 Å². The molecular weight excluding hydrogens is 412 g/mol. The molecule has 0 fully saturated rings. The number of carbonyl (C=O) groups excluding carboxylic acids is 2. The smallest absolute Gasteiger partial charge is 0.326 e. The van der Waals surface area contributed by atoms with E-state index in [1.165, 1.54) is 0 Å². The predicted molar refractivity (Wildman–Crippen MR) is 119 cm³/mol. The molecule has 0 saturated carbocycles. The second-order valence-corrected chi connectivity index (χ2v) is 7.33. The minimum absolute atomic E-state index is 0.0168. The minimum Gasteiger partial charge on any atom is -0.489 e. The first-order valence-corrected chi connectivity index (χ1v) is 10.2. The maximum Gasteiger partial charge on any atom is 0.326 e. The first kappa shape index (κ1) is 22.7. The van der Waals surface area contributed by atoms with E-state index in [0.29, 0.717) is 13.0 Å². The van der Waals surface area contributed by atoms with Gasteiger partial charge in [0.15, 0.2) is 0 Å². The van der Waals surface area contributed by atoms with Gasteiger partial charge in [0.05, 0.1) is 0 Å². The number of ether oxygens (including phenoxy) is 1. The number of carbonyl (C=O) groups is 3. The van der Waals surface area contributed by atoms with Crippen LogP contribution in [0.2, 0.25) is 0 Å². The van der Waals surface area contributed by atoms with E-state index in [9.17, 15) is 19.5 Å². The quantitative estimate of drug-likeness (QED) is 0.341. The Morgan fingerprint density at radius 1 is 1.09 bits per heavy atom. The van der Waals surface area contributed by atoms with Crippen LogP contribution in [-0.4, -0.2) is 40.2 Å². The largest absolute Gasteiger partial charge is 0.489 e. The van der Waals surface area contributed by atoms with Crippen LogP contribution in [0.15, 0.2) is 60.8 Å². The van der Waals surface area contributed by atoms with E-state index in [1.54, 1.807) is 10.8 Å². The van der Waals surface area contributed by atoms with Crippen LogP contribution in [0.25, 0.3) is 10.9 Å². The summed E-state index contributed by atoms with van der Waals surface area (Å²) in [7, 11) is 0. The van der Waals surface area contributed by atoms with Crippen molar-refractivity contribution in [1.29, 1.82) is 0 Å². The van der Waals surface area contributed by atoms with E-state index in [-0.39, 0.29) is 19.5 Å². The number of hydrogen-bond donors (Lipinski definition) is 4. The number of rotatable bonds is 11. The number of carboxylic acid groups (broad SMARTS) is 1. The maximum absolute atomic E-state index is 12.4. The average Bonchev–Trinajstić information content (AvgIpc) is 3.16. The third-order valence-corrected chi connectivity index (χ3v) is 4.91. The number of amides is 3. The summed E-state index contributed by atoms with van der Waals surface area (Å²) in [5, 5.41) is 15.2. The summed E-state index contributed by atoms with van der Waals surface area (Å²) in [5.74, 6) is -0.823. The fourth-order valence-corrected chi connectivity index (χ4v) is 3.32. The monoisotopic (exact) mass is 438 g/mol. The van der Waals surface area contributed by atoms with Gasteiger partial charge in [-0.05, 0) is 42.7 Å². The molecule has 5 N–H and O–H groups in total. The summed E-state index contributed by atoms with van der Waals surface area (Å²) in [6.07, 6.45) is 2.33. The standard InChI is InChI=1S/C23H26N4O5/c24-23(31)25-11-4-7-19(22(29)30)26-21(28)14-27-12-10-17-13-18(8-9-20(17)27)32-15-16-5-2-1-3-6-16/h1-3,5-6,8-10,12-13,19H,4,7,11,14-15H2,(H,26,28)(H,29,30)(H3,24,25,31)/t19-/m1/s1. The van der Waals surface area contributed by atoms with Gasteiger partial charge in [-0.2, -0.15) is 0 Å². The van der Waals surface area contributed by atoms with Gasteiger partial charge in [0.1, 0.15) is 24.9 Å². The Balaban J connectivity index is 1.57. The molecule has 9 heteroatoms. The Morgan fingerprint density at radius 3 is 2.59 bits per heavy atom. The Kier molecular flexibility index (Phi) is 7.69. The van der Waals surface area contributed by atoms with E-state index < -0.39 is 23.9 Å². The summed E-state index contributed by atoms with van der Waals surface area (Å²) >= 11 is 0. The summed E-state index contributed by atoms with van der Waals surface area (Å²) < 4.78 is 7.59. The topological polar surface area (TPSA) is 136 Å². The van der Waals surface area contributed by atoms with Gasteiger partial charge in [-0.15, -0.1) is 0 Å². The minimum atomic E-state index is -1.13. The predicted octanol–water partition coefficient (Wildman–Crippen LogP) is 2.24. The van der Waals surface area contributed by atoms with Crippen molar-refractivity contribution in [2.75, 3.05) is 6.54 Å². The van der Waals surface area contributed by atoms with Crippen molar-refractivity contribution in [3.05, 3.63) is 66.4 Å². The first-order valence-electron chi connectivity index (χ1n) is 10.2. The molecule has 0 aliphatic heterocycles. The van der Waals surface area contributed by atoms with Crippen LogP contribution in [0.1, 0.15) is 18.4 Å². The van der Waals surface area contributed by atoms with Crippen LogP contribution in [0, 0.1) is 0 Å². The van der Waals surface area contributed by atoms with Crippen molar-refractivity contribution in [3.63, 3.8) is 0 Å². The molecule has 0 aliphatic rings. The lowest BCUT2D eigenvalue weighted by Crippen LogP contribution is -2.42. The van der Waals surface area contributed by atoms with Crippen molar-refractivity contribution >= 4 is 28.8 Å². The lowest BCUT2D eigenvalue weighted by Gasteiger charge is -2.15. The SMILES string of the molecule is NC(=O)NCCC[C@@H](NC(=O)Cn1ccc2cc(OCc3ccccc3)ccc21)C(=O)O. The van der Waals surface area contributed by atoms with Gasteiger partial charge in [-0.25, -0.2) is 9.59 Å². The lowest BCUT2D eigenvalue weighted by atomic mass is 10.1. The van der Waals surface area contributed by atoms with Crippen molar-refractivity contribution in [2.45, 2.75) is 32.0 Å². The van der Waals surface area contributed by atoms with Crippen molar-refractivity contribution in [1.82, 2.24) is 15.2 Å². The zero-order chi connectivity index (χ0) is 22.9. The highest BCUT2D eigenvalue weighted by Crippen LogP contribution is 2.23. The van der Waals surface area contributed by atoms with Crippen molar-refractivity contribution in [2.24, 2.45) is 5.73 Å². The van der Waals surface area contributed by atoms with Gasteiger partial charge in [0.25, 0.3) is 0 Å². The number of benzene rings is 2. The van der Waals surface area contributed by atoms with Crippen LogP contribution < -0.4 is 21.1 Å². The fourth-order valence-electron chi connectivity index (χ4n) is 3.32. The van der Waals surface area contributed by atoms with Crippen LogP contribution in [-0.2, 0) is 22.7 Å². The number of fused-ring (bicyclic) bond motifs is 1. The van der Waals surface area contributed by atoms with Gasteiger partial charge in [0.2, 0.25) is 5.91 Å². The van der Waals surface area contributed by atoms with E-state index in [2.05, 4.69) is 10.6 Å². The number of hydrogen-bond acceptors (Lipinski definition) is 4. The molecule has 0 bridgehead atoms. The fraction of sp³-hybridized carbons (Fsp3) is 0.261. The zero-order valence-corrected chi connectivity index (χ0v) is 17.5. The maximum atomic E-state index is 12.4. The number of aromatic nitrogens is 1. The highest BCUT2D eigenvalue weighted by Gasteiger charge is 2.20. The number of urea groups is 1. The van der Waals surface area contributed by atoms with Gasteiger partial charge in [0, 0.05) is 23.6 Å². The molecular formula is C23H26N4O5. The van der Waals surface area contributed by atoms with Gasteiger partial charge in [-0.1, -0.05) is 30.3 Å². The van der Waals surface area contributed by atoms with Crippen LogP contribution >= 0.6 is 0 Å². The van der Waals surface area contributed by atoms with E-state index in [0.717, 1.165) is 22.2 Å². The second-order valence-electron chi connectivity index (χ2n) is 7.33. The Morgan fingerprint density at radius 2 is 1.88 bits per heavy atom. The molecule has 0 aliphatic carbocycles. The molecule has 1 aromatic heterocycles. The van der Waals surface area contributed by atoms with E-state index in [1.807, 2.05) is 54.6 Å². The molecule has 168 valence electrons. The van der Waals surface area contributed by atoms with Gasteiger partial charge < -0.3 is 30.8 Å². The molecule has 32 heavy (non-hydrogen) atoms. The number of carboxylic acids is 1. The highest BCUT2D eigenvalue weighted by atomic mass is 16.5. The molecule has 1 atom stereocenters. The van der Waals surface area contributed by atoms with Crippen molar-refractivity contribution in [3.8, 4) is 5.75 Å². The summed E-state index contributed by atoms with van der Waals surface area (Å²) in [6, 6.07) is 15.6. The normalized spacial score (nSPS) is 11.6. The van der Waals surface area contributed by atoms with Gasteiger partial charge >= 0.3 is 12.0 Å². The first-order chi connectivity index (χ1) is 15.4. The molecule has 1 heterocycles. The second kappa shape index (κ2) is 10.9. The highest BCUT2D eigenvalue weighted by molar-refractivity contribution is 5.86. The molecule has 0 saturated heterocycles. The molecule has 2 aromatic carbocycles. The Hall–Kier alpha value is -4.01. The molecule has 0 spiro atoms. The third-order valence-electron chi connectivity index (χ3n) is 4.91. The molecule has 3 rings (SSSR count). The lowest BCUT2D eigenvalue weighted by molar-refractivity contribution is -0.142. The number of primary amides is 1. The van der Waals surface area contributed by atoms with E-state index in [4.69, 9.17) is 10.5 Å². The molecule has 9 nitrogen and oxygen atoms in total. The zero-order valence-electron chi connectivity index (χ0n) is 17.5. The summed E-state index contributed by atoms with van der Waals surface area (Å²) in [6.45, 7) is 0.684. The summed E-state index contributed by atoms with van der Waals surface area (Å²) in [4.78, 5) is 34.5. The molecule has 3 aromatic rings. The average molecular weight is 438 g/mol. The molecule has 0 unspecified atom stereocenters. The number of nitrogens with zero attached hydrogens (tertiary/aromatic N) is 1. The Labute approximate surface area is 185 Å². The van der Waals surface area contributed by atoms with Crippen molar-refractivity contribution < 1.29 is 24.2 Å².